The normalized spacial score (nSPS) is 10.3. The summed E-state index contributed by atoms with van der Waals surface area (Å²) in [5.74, 6) is -0.171. The first-order valence-corrected chi connectivity index (χ1v) is 4.81. The summed E-state index contributed by atoms with van der Waals surface area (Å²) in [4.78, 5) is 0. The third kappa shape index (κ3) is 2.36. The van der Waals surface area contributed by atoms with Crippen LogP contribution in [0.25, 0.3) is 0 Å². The van der Waals surface area contributed by atoms with Gasteiger partial charge in [0.25, 0.3) is 0 Å². The molecule has 0 spiro atoms. The van der Waals surface area contributed by atoms with E-state index in [1.807, 2.05) is 0 Å². The van der Waals surface area contributed by atoms with Crippen LogP contribution in [-0.4, -0.2) is 23.4 Å². The van der Waals surface area contributed by atoms with Gasteiger partial charge in [-0.15, -0.1) is 0 Å². The average molecular weight is 258 g/mol. The Hall–Kier alpha value is -0.350. The highest BCUT2D eigenvalue weighted by Crippen LogP contribution is 2.43. The summed E-state index contributed by atoms with van der Waals surface area (Å²) >= 11 is 17.1. The van der Waals surface area contributed by atoms with E-state index in [2.05, 4.69) is 0 Å². The molecule has 0 heterocycles. The van der Waals surface area contributed by atoms with E-state index in [1.54, 1.807) is 0 Å². The predicted molar refractivity (Wildman–Crippen MR) is 55.7 cm³/mol. The molecule has 0 radical (unpaired) electrons. The highest BCUT2D eigenvalue weighted by atomic mass is 35.5. The van der Waals surface area contributed by atoms with Gasteiger partial charge in [0.05, 0.1) is 16.7 Å². The van der Waals surface area contributed by atoms with Crippen molar-refractivity contribution >= 4 is 34.8 Å². The second-order valence-corrected chi connectivity index (χ2v) is 3.60. The molecule has 0 aromatic heterocycles. The number of rotatable bonds is 3. The first-order valence-electron chi connectivity index (χ1n) is 3.68. The Bertz CT molecular complexity index is 341. The van der Waals surface area contributed by atoms with E-state index in [0.29, 0.717) is 0 Å². The standard InChI is InChI=1S/C8H7Cl3O3/c9-4-3-5(10)8(14-2-1-12)6(11)7(4)13/h3,12-13H,1-2H2. The lowest BCUT2D eigenvalue weighted by atomic mass is 10.3. The summed E-state index contributed by atoms with van der Waals surface area (Å²) < 4.78 is 5.02. The number of phenolic OH excluding ortho intramolecular Hbond substituents is 1. The molecule has 0 aliphatic carbocycles. The molecule has 0 fully saturated rings. The summed E-state index contributed by atoms with van der Waals surface area (Å²) in [5.41, 5.74) is 0. The Morgan fingerprint density at radius 2 is 1.86 bits per heavy atom. The lowest BCUT2D eigenvalue weighted by molar-refractivity contribution is 0.201. The minimum Gasteiger partial charge on any atom is -0.505 e. The number of benzene rings is 1. The van der Waals surface area contributed by atoms with Crippen LogP contribution in [-0.2, 0) is 0 Å². The van der Waals surface area contributed by atoms with Crippen molar-refractivity contribution in [3.05, 3.63) is 21.1 Å². The number of hydrogen-bond donors (Lipinski definition) is 2. The van der Waals surface area contributed by atoms with Gasteiger partial charge in [0.1, 0.15) is 11.6 Å². The molecular weight excluding hydrogens is 250 g/mol. The third-order valence-corrected chi connectivity index (χ3v) is 2.36. The van der Waals surface area contributed by atoms with Crippen molar-refractivity contribution in [3.8, 4) is 11.5 Å². The van der Waals surface area contributed by atoms with Crippen LogP contribution in [0.1, 0.15) is 0 Å². The Kier molecular flexibility index (Phi) is 4.13. The lowest BCUT2D eigenvalue weighted by Crippen LogP contribution is -2.02. The molecule has 6 heteroatoms. The van der Waals surface area contributed by atoms with Gasteiger partial charge in [-0.1, -0.05) is 34.8 Å². The molecule has 1 aromatic rings. The summed E-state index contributed by atoms with van der Waals surface area (Å²) in [7, 11) is 0. The number of phenols is 1. The molecule has 78 valence electrons. The number of hydrogen-bond acceptors (Lipinski definition) is 3. The maximum atomic E-state index is 9.35. The quantitative estimate of drug-likeness (QED) is 0.875. The van der Waals surface area contributed by atoms with Gasteiger partial charge in [0.15, 0.2) is 11.5 Å². The molecule has 0 unspecified atom stereocenters. The van der Waals surface area contributed by atoms with Gasteiger partial charge in [-0.2, -0.15) is 0 Å². The van der Waals surface area contributed by atoms with Gasteiger partial charge in [0, 0.05) is 0 Å². The van der Waals surface area contributed by atoms with Gasteiger partial charge < -0.3 is 14.9 Å². The molecule has 0 aliphatic heterocycles. The third-order valence-electron chi connectivity index (χ3n) is 1.44. The molecule has 3 nitrogen and oxygen atoms in total. The Morgan fingerprint density at radius 1 is 1.21 bits per heavy atom. The summed E-state index contributed by atoms with van der Waals surface area (Å²) in [6.45, 7) is -0.128. The van der Waals surface area contributed by atoms with Gasteiger partial charge in [0.2, 0.25) is 0 Å². The van der Waals surface area contributed by atoms with Crippen LogP contribution in [0.3, 0.4) is 0 Å². The zero-order chi connectivity index (χ0) is 10.7. The first-order chi connectivity index (χ1) is 6.57. The maximum absolute atomic E-state index is 9.35. The van der Waals surface area contributed by atoms with Crippen molar-refractivity contribution in [2.24, 2.45) is 0 Å². The van der Waals surface area contributed by atoms with Gasteiger partial charge in [-0.3, -0.25) is 0 Å². The maximum Gasteiger partial charge on any atom is 0.160 e. The van der Waals surface area contributed by atoms with Crippen molar-refractivity contribution in [1.82, 2.24) is 0 Å². The monoisotopic (exact) mass is 256 g/mol. The molecule has 1 rings (SSSR count). The fourth-order valence-corrected chi connectivity index (χ4v) is 1.71. The molecule has 0 saturated carbocycles. The van der Waals surface area contributed by atoms with Crippen LogP contribution in [0.4, 0.5) is 0 Å². The van der Waals surface area contributed by atoms with Gasteiger partial charge in [-0.05, 0) is 6.07 Å². The second kappa shape index (κ2) is 4.94. The average Bonchev–Trinajstić information content (AvgIpc) is 2.14. The largest absolute Gasteiger partial charge is 0.505 e. The van der Waals surface area contributed by atoms with E-state index in [4.69, 9.17) is 44.6 Å². The highest BCUT2D eigenvalue weighted by Gasteiger charge is 2.15. The molecule has 2 N–H and O–H groups in total. The molecule has 0 aliphatic rings. The Balaban J connectivity index is 3.09. The molecule has 0 amide bonds. The topological polar surface area (TPSA) is 49.7 Å². The van der Waals surface area contributed by atoms with Crippen LogP contribution in [0.15, 0.2) is 6.07 Å². The molecule has 0 atom stereocenters. The van der Waals surface area contributed by atoms with Crippen LogP contribution >= 0.6 is 34.8 Å². The first kappa shape index (κ1) is 11.7. The van der Waals surface area contributed by atoms with Crippen molar-refractivity contribution in [1.29, 1.82) is 0 Å². The van der Waals surface area contributed by atoms with E-state index in [0.717, 1.165) is 0 Å². The molecular formula is C8H7Cl3O3. The number of aliphatic hydroxyl groups is 1. The number of halogens is 3. The Labute approximate surface area is 95.8 Å². The second-order valence-electron chi connectivity index (χ2n) is 2.40. The van der Waals surface area contributed by atoms with Crippen molar-refractivity contribution in [2.45, 2.75) is 0 Å². The smallest absolute Gasteiger partial charge is 0.160 e. The van der Waals surface area contributed by atoms with Gasteiger partial charge >= 0.3 is 0 Å². The van der Waals surface area contributed by atoms with E-state index in [1.165, 1.54) is 6.07 Å². The Morgan fingerprint density at radius 3 is 2.43 bits per heavy atom. The number of aromatic hydroxyl groups is 1. The highest BCUT2D eigenvalue weighted by molar-refractivity contribution is 6.41. The lowest BCUT2D eigenvalue weighted by Gasteiger charge is -2.10. The fourth-order valence-electron chi connectivity index (χ4n) is 0.842. The van der Waals surface area contributed by atoms with Crippen LogP contribution in [0.2, 0.25) is 15.1 Å². The van der Waals surface area contributed by atoms with Crippen molar-refractivity contribution in [2.75, 3.05) is 13.2 Å². The van der Waals surface area contributed by atoms with Crippen molar-refractivity contribution in [3.63, 3.8) is 0 Å². The van der Waals surface area contributed by atoms with Crippen LogP contribution in [0, 0.1) is 0 Å². The van der Waals surface area contributed by atoms with E-state index < -0.39 is 0 Å². The molecule has 0 bridgehead atoms. The van der Waals surface area contributed by atoms with E-state index in [9.17, 15) is 5.11 Å². The zero-order valence-corrected chi connectivity index (χ0v) is 9.20. The number of aliphatic hydroxyl groups excluding tert-OH is 1. The van der Waals surface area contributed by atoms with Crippen LogP contribution < -0.4 is 4.74 Å². The summed E-state index contributed by atoms with van der Waals surface area (Å²) in [6.07, 6.45) is 0. The number of ether oxygens (including phenoxy) is 1. The molecule has 14 heavy (non-hydrogen) atoms. The molecule has 1 aromatic carbocycles. The minimum absolute atomic E-state index is 0.0422. The fraction of sp³-hybridized carbons (Fsp3) is 0.250. The summed E-state index contributed by atoms with van der Waals surface area (Å²) in [6, 6.07) is 1.32. The molecule has 0 saturated heterocycles. The summed E-state index contributed by atoms with van der Waals surface area (Å²) in [5, 5.41) is 18.1. The van der Waals surface area contributed by atoms with E-state index >= 15 is 0 Å². The van der Waals surface area contributed by atoms with Crippen molar-refractivity contribution < 1.29 is 14.9 Å². The zero-order valence-electron chi connectivity index (χ0n) is 6.93. The minimum atomic E-state index is -0.286. The van der Waals surface area contributed by atoms with E-state index in [-0.39, 0.29) is 39.8 Å². The van der Waals surface area contributed by atoms with Crippen LogP contribution in [0.5, 0.6) is 11.5 Å². The van der Waals surface area contributed by atoms with Gasteiger partial charge in [-0.25, -0.2) is 0 Å². The predicted octanol–water partition coefficient (Wildman–Crippen LogP) is 2.72. The SMILES string of the molecule is OCCOc1c(Cl)cc(Cl)c(O)c1Cl.